The number of amides is 1. The second-order valence-corrected chi connectivity index (χ2v) is 8.35. The minimum Gasteiger partial charge on any atom is -0.495 e. The summed E-state index contributed by atoms with van der Waals surface area (Å²) in [5, 5.41) is 9.39. The number of hydrogen-bond acceptors (Lipinski definition) is 6. The number of carbonyl (C=O) groups excluding carboxylic acids is 1. The molecule has 3 rings (SSSR count). The standard InChI is InChI=1S/C17H22N2O7S/c1-25-12-8-13(17(21)22)19(9-12)16(20)10-3-6-14(26-2)15(7-10)27(23,24)18-11-4-5-11/h3,6-7,11-13,18H,4-5,8-9H2,1-2H3,(H,21,22). The van der Waals surface area contributed by atoms with Gasteiger partial charge in [0.25, 0.3) is 5.91 Å². The van der Waals surface area contributed by atoms with Crippen molar-refractivity contribution in [3.05, 3.63) is 23.8 Å². The smallest absolute Gasteiger partial charge is 0.326 e. The molecule has 9 nitrogen and oxygen atoms in total. The molecule has 1 aliphatic carbocycles. The number of rotatable bonds is 7. The van der Waals surface area contributed by atoms with Gasteiger partial charge in [-0.05, 0) is 31.0 Å². The molecule has 2 aliphatic rings. The molecule has 1 aromatic carbocycles. The molecule has 0 spiro atoms. The van der Waals surface area contributed by atoms with Crippen LogP contribution in [0, 0.1) is 0 Å². The molecule has 148 valence electrons. The van der Waals surface area contributed by atoms with Crippen LogP contribution in [0.4, 0.5) is 0 Å². The van der Waals surface area contributed by atoms with E-state index in [0.29, 0.717) is 0 Å². The van der Waals surface area contributed by atoms with Gasteiger partial charge in [-0.2, -0.15) is 0 Å². The summed E-state index contributed by atoms with van der Waals surface area (Å²) in [4.78, 5) is 25.4. The fraction of sp³-hybridized carbons (Fsp3) is 0.529. The Morgan fingerprint density at radius 3 is 2.52 bits per heavy atom. The van der Waals surface area contributed by atoms with Gasteiger partial charge < -0.3 is 19.5 Å². The highest BCUT2D eigenvalue weighted by molar-refractivity contribution is 7.89. The van der Waals surface area contributed by atoms with Crippen molar-refractivity contribution in [2.24, 2.45) is 0 Å². The lowest BCUT2D eigenvalue weighted by Crippen LogP contribution is -2.40. The average molecular weight is 398 g/mol. The van der Waals surface area contributed by atoms with Gasteiger partial charge in [0, 0.05) is 31.7 Å². The van der Waals surface area contributed by atoms with Crippen LogP contribution in [0.1, 0.15) is 29.6 Å². The van der Waals surface area contributed by atoms with E-state index >= 15 is 0 Å². The van der Waals surface area contributed by atoms with Crippen LogP contribution in [0.2, 0.25) is 0 Å². The summed E-state index contributed by atoms with van der Waals surface area (Å²) >= 11 is 0. The lowest BCUT2D eigenvalue weighted by molar-refractivity contribution is -0.141. The summed E-state index contributed by atoms with van der Waals surface area (Å²) in [7, 11) is -1.05. The molecule has 2 unspecified atom stereocenters. The van der Waals surface area contributed by atoms with Crippen LogP contribution in [-0.2, 0) is 19.6 Å². The molecule has 27 heavy (non-hydrogen) atoms. The van der Waals surface area contributed by atoms with Gasteiger partial charge in [0.2, 0.25) is 10.0 Å². The second-order valence-electron chi connectivity index (χ2n) is 6.67. The molecule has 1 aromatic rings. The molecule has 0 radical (unpaired) electrons. The highest BCUT2D eigenvalue weighted by atomic mass is 32.2. The van der Waals surface area contributed by atoms with Crippen LogP contribution < -0.4 is 9.46 Å². The molecule has 1 saturated carbocycles. The van der Waals surface area contributed by atoms with E-state index in [4.69, 9.17) is 9.47 Å². The molecule has 1 aliphatic heterocycles. The number of nitrogens with one attached hydrogen (secondary N) is 1. The molecule has 2 N–H and O–H groups in total. The molecule has 10 heteroatoms. The van der Waals surface area contributed by atoms with E-state index in [9.17, 15) is 23.1 Å². The third kappa shape index (κ3) is 4.07. The Morgan fingerprint density at radius 2 is 1.96 bits per heavy atom. The Labute approximate surface area is 157 Å². The number of methoxy groups -OCH3 is 2. The lowest BCUT2D eigenvalue weighted by Gasteiger charge is -2.22. The maximum atomic E-state index is 12.9. The molecular weight excluding hydrogens is 376 g/mol. The normalized spacial score (nSPS) is 22.7. The third-order valence-electron chi connectivity index (χ3n) is 4.74. The average Bonchev–Trinajstić information content (AvgIpc) is 3.33. The first kappa shape index (κ1) is 19.6. The number of carboxylic acid groups (broad SMARTS) is 1. The first-order valence-corrected chi connectivity index (χ1v) is 10.0. The number of carbonyl (C=O) groups is 2. The number of nitrogens with zero attached hydrogens (tertiary/aromatic N) is 1. The van der Waals surface area contributed by atoms with Gasteiger partial charge in [-0.1, -0.05) is 0 Å². The summed E-state index contributed by atoms with van der Waals surface area (Å²) in [5.41, 5.74) is 0.0787. The van der Waals surface area contributed by atoms with Crippen molar-refractivity contribution in [3.8, 4) is 5.75 Å². The van der Waals surface area contributed by atoms with Crippen LogP contribution in [0.5, 0.6) is 5.75 Å². The zero-order chi connectivity index (χ0) is 19.8. The number of likely N-dealkylation sites (tertiary alicyclic amines) is 1. The number of sulfonamides is 1. The quantitative estimate of drug-likeness (QED) is 0.684. The van der Waals surface area contributed by atoms with E-state index in [1.807, 2.05) is 0 Å². The van der Waals surface area contributed by atoms with Crippen molar-refractivity contribution in [3.63, 3.8) is 0 Å². The Kier molecular flexibility index (Phi) is 5.41. The SMILES string of the molecule is COc1ccc(C(=O)N2CC(OC)CC2C(=O)O)cc1S(=O)(=O)NC1CC1. The summed E-state index contributed by atoms with van der Waals surface area (Å²) < 4.78 is 38.1. The van der Waals surface area contributed by atoms with Crippen LogP contribution in [-0.4, -0.2) is 69.3 Å². The van der Waals surface area contributed by atoms with Gasteiger partial charge in [-0.3, -0.25) is 4.79 Å². The number of carboxylic acids is 1. The Hall–Kier alpha value is -2.17. The molecule has 0 aromatic heterocycles. The summed E-state index contributed by atoms with van der Waals surface area (Å²) in [6, 6.07) is 2.93. The molecule has 1 heterocycles. The monoisotopic (exact) mass is 398 g/mol. The first-order valence-electron chi connectivity index (χ1n) is 8.53. The van der Waals surface area contributed by atoms with Gasteiger partial charge in [-0.25, -0.2) is 17.9 Å². The predicted molar refractivity (Wildman–Crippen MR) is 94.2 cm³/mol. The minimum atomic E-state index is -3.85. The Morgan fingerprint density at radius 1 is 1.26 bits per heavy atom. The van der Waals surface area contributed by atoms with E-state index in [-0.39, 0.29) is 41.3 Å². The van der Waals surface area contributed by atoms with Gasteiger partial charge >= 0.3 is 5.97 Å². The highest BCUT2D eigenvalue weighted by Gasteiger charge is 2.40. The maximum Gasteiger partial charge on any atom is 0.326 e. The summed E-state index contributed by atoms with van der Waals surface area (Å²) in [6.45, 7) is 0.126. The van der Waals surface area contributed by atoms with Crippen molar-refractivity contribution >= 4 is 21.9 Å². The third-order valence-corrected chi connectivity index (χ3v) is 6.28. The number of ether oxygens (including phenoxy) is 2. The molecule has 2 fully saturated rings. The van der Waals surface area contributed by atoms with Crippen molar-refractivity contribution in [2.45, 2.75) is 42.3 Å². The van der Waals surface area contributed by atoms with Crippen LogP contribution in [0.15, 0.2) is 23.1 Å². The maximum absolute atomic E-state index is 12.9. The van der Waals surface area contributed by atoms with E-state index in [0.717, 1.165) is 12.8 Å². The second kappa shape index (κ2) is 7.45. The fourth-order valence-corrected chi connectivity index (χ4v) is 4.60. The van der Waals surface area contributed by atoms with Crippen molar-refractivity contribution < 1.29 is 32.6 Å². The molecule has 0 bridgehead atoms. The fourth-order valence-electron chi connectivity index (χ4n) is 3.10. The minimum absolute atomic E-state index is 0.0787. The van der Waals surface area contributed by atoms with Crippen LogP contribution >= 0.6 is 0 Å². The van der Waals surface area contributed by atoms with Crippen LogP contribution in [0.3, 0.4) is 0 Å². The summed E-state index contributed by atoms with van der Waals surface area (Å²) in [5.74, 6) is -1.57. The van der Waals surface area contributed by atoms with Crippen molar-refractivity contribution in [1.82, 2.24) is 9.62 Å². The predicted octanol–water partition coefficient (Wildman–Crippen LogP) is 0.450. The lowest BCUT2D eigenvalue weighted by atomic mass is 10.1. The van der Waals surface area contributed by atoms with E-state index in [1.54, 1.807) is 0 Å². The van der Waals surface area contributed by atoms with E-state index in [1.165, 1.54) is 37.3 Å². The Balaban J connectivity index is 1.93. The number of benzene rings is 1. The van der Waals surface area contributed by atoms with Crippen LogP contribution in [0.25, 0.3) is 0 Å². The molecule has 1 amide bonds. The number of hydrogen-bond donors (Lipinski definition) is 2. The molecular formula is C17H22N2O7S. The topological polar surface area (TPSA) is 122 Å². The molecule has 2 atom stereocenters. The largest absolute Gasteiger partial charge is 0.495 e. The highest BCUT2D eigenvalue weighted by Crippen LogP contribution is 2.30. The van der Waals surface area contributed by atoms with E-state index < -0.39 is 27.9 Å². The van der Waals surface area contributed by atoms with Gasteiger partial charge in [0.15, 0.2) is 0 Å². The van der Waals surface area contributed by atoms with Gasteiger partial charge in [-0.15, -0.1) is 0 Å². The van der Waals surface area contributed by atoms with E-state index in [2.05, 4.69) is 4.72 Å². The molecule has 1 saturated heterocycles. The van der Waals surface area contributed by atoms with Gasteiger partial charge in [0.1, 0.15) is 16.7 Å². The zero-order valence-corrected chi connectivity index (χ0v) is 15.9. The Bertz CT molecular complexity index is 851. The van der Waals surface area contributed by atoms with Crippen molar-refractivity contribution in [1.29, 1.82) is 0 Å². The summed E-state index contributed by atoms with van der Waals surface area (Å²) in [6.07, 6.45) is 1.34. The zero-order valence-electron chi connectivity index (χ0n) is 15.0. The number of aliphatic carboxylic acids is 1. The van der Waals surface area contributed by atoms with Crippen molar-refractivity contribution in [2.75, 3.05) is 20.8 Å². The van der Waals surface area contributed by atoms with Gasteiger partial charge in [0.05, 0.1) is 13.2 Å². The first-order chi connectivity index (χ1) is 12.8.